The number of ether oxygens (including phenoxy) is 2. The molecule has 2 heterocycles. The normalized spacial score (nSPS) is 25.9. The van der Waals surface area contributed by atoms with E-state index in [-0.39, 0.29) is 0 Å². The maximum atomic E-state index is 5.93. The number of hydrogen-bond acceptors (Lipinski definition) is 4. The molecule has 1 aliphatic carbocycles. The van der Waals surface area contributed by atoms with Gasteiger partial charge in [-0.1, -0.05) is 19.1 Å². The van der Waals surface area contributed by atoms with Crippen LogP contribution in [0.3, 0.4) is 0 Å². The zero-order valence-electron chi connectivity index (χ0n) is 16.5. The number of nitrogens with zero attached hydrogens (tertiary/aromatic N) is 2. The minimum atomic E-state index is 0.455. The highest BCUT2D eigenvalue weighted by Crippen LogP contribution is 2.34. The number of fused-ring (bicyclic) bond motifs is 1. The van der Waals surface area contributed by atoms with Gasteiger partial charge in [-0.2, -0.15) is 0 Å². The molecule has 3 aliphatic rings. The lowest BCUT2D eigenvalue weighted by Gasteiger charge is -2.20. The number of benzene rings is 1. The van der Waals surface area contributed by atoms with Gasteiger partial charge in [0.05, 0.1) is 19.8 Å². The van der Waals surface area contributed by atoms with E-state index in [1.807, 2.05) is 12.1 Å². The first-order chi connectivity index (χ1) is 13.2. The van der Waals surface area contributed by atoms with E-state index in [4.69, 9.17) is 14.5 Å². The van der Waals surface area contributed by atoms with E-state index >= 15 is 0 Å². The second kappa shape index (κ2) is 8.38. The van der Waals surface area contributed by atoms with Gasteiger partial charge < -0.3 is 20.1 Å². The van der Waals surface area contributed by atoms with Crippen molar-refractivity contribution in [3.05, 3.63) is 23.8 Å². The predicted molar refractivity (Wildman–Crippen MR) is 108 cm³/mol. The summed E-state index contributed by atoms with van der Waals surface area (Å²) in [4.78, 5) is 7.48. The fourth-order valence-electron chi connectivity index (χ4n) is 3.97. The first kappa shape index (κ1) is 18.4. The molecule has 2 unspecified atom stereocenters. The highest BCUT2D eigenvalue weighted by Gasteiger charge is 2.38. The summed E-state index contributed by atoms with van der Waals surface area (Å²) in [5.74, 6) is 3.21. The summed E-state index contributed by atoms with van der Waals surface area (Å²) in [6.07, 6.45) is 3.65. The van der Waals surface area contributed by atoms with Crippen molar-refractivity contribution in [1.82, 2.24) is 15.5 Å². The Morgan fingerprint density at radius 3 is 2.89 bits per heavy atom. The fraction of sp³-hybridized carbons (Fsp3) is 0.667. The molecule has 0 bridgehead atoms. The third kappa shape index (κ3) is 4.49. The predicted octanol–water partition coefficient (Wildman–Crippen LogP) is 2.39. The van der Waals surface area contributed by atoms with Crippen molar-refractivity contribution in [3.63, 3.8) is 0 Å². The summed E-state index contributed by atoms with van der Waals surface area (Å²) in [6, 6.07) is 7.36. The summed E-state index contributed by atoms with van der Waals surface area (Å²) >= 11 is 0. The molecule has 1 aromatic carbocycles. The highest BCUT2D eigenvalue weighted by molar-refractivity contribution is 5.80. The van der Waals surface area contributed by atoms with Crippen LogP contribution in [-0.4, -0.2) is 55.8 Å². The zero-order valence-corrected chi connectivity index (χ0v) is 16.5. The summed E-state index contributed by atoms with van der Waals surface area (Å²) in [5.41, 5.74) is 1.07. The SMILES string of the molecule is CCNC(=NCc1cccc2c1OCCCO2)NC1CN(C2CC2)CC1C. The van der Waals surface area contributed by atoms with Crippen LogP contribution in [-0.2, 0) is 6.54 Å². The van der Waals surface area contributed by atoms with Crippen molar-refractivity contribution in [2.24, 2.45) is 10.9 Å². The Kier molecular flexibility index (Phi) is 5.72. The van der Waals surface area contributed by atoms with E-state index in [2.05, 4.69) is 35.4 Å². The molecule has 2 atom stereocenters. The van der Waals surface area contributed by atoms with Gasteiger partial charge in [0.1, 0.15) is 0 Å². The minimum absolute atomic E-state index is 0.455. The summed E-state index contributed by atoms with van der Waals surface area (Å²) in [5, 5.41) is 7.07. The number of rotatable bonds is 5. The maximum absolute atomic E-state index is 5.93. The van der Waals surface area contributed by atoms with Crippen LogP contribution in [0.2, 0.25) is 0 Å². The Labute approximate surface area is 162 Å². The van der Waals surface area contributed by atoms with Gasteiger partial charge in [0.2, 0.25) is 0 Å². The minimum Gasteiger partial charge on any atom is -0.490 e. The zero-order chi connectivity index (χ0) is 18.6. The van der Waals surface area contributed by atoms with Crippen molar-refractivity contribution in [3.8, 4) is 11.5 Å². The summed E-state index contributed by atoms with van der Waals surface area (Å²) in [7, 11) is 0. The number of para-hydroxylation sites is 1. The third-order valence-electron chi connectivity index (χ3n) is 5.63. The van der Waals surface area contributed by atoms with E-state index in [0.717, 1.165) is 48.6 Å². The van der Waals surface area contributed by atoms with Crippen LogP contribution in [0, 0.1) is 5.92 Å². The van der Waals surface area contributed by atoms with Gasteiger partial charge in [0.15, 0.2) is 17.5 Å². The molecule has 2 N–H and O–H groups in total. The number of guanidine groups is 1. The Bertz CT molecular complexity index is 674. The lowest BCUT2D eigenvalue weighted by atomic mass is 10.1. The van der Waals surface area contributed by atoms with Gasteiger partial charge in [-0.25, -0.2) is 4.99 Å². The largest absolute Gasteiger partial charge is 0.490 e. The van der Waals surface area contributed by atoms with Crippen LogP contribution in [0.5, 0.6) is 11.5 Å². The van der Waals surface area contributed by atoms with Crippen LogP contribution in [0.15, 0.2) is 23.2 Å². The van der Waals surface area contributed by atoms with E-state index < -0.39 is 0 Å². The Hall–Kier alpha value is -1.95. The van der Waals surface area contributed by atoms with Crippen molar-refractivity contribution in [2.75, 3.05) is 32.8 Å². The molecule has 27 heavy (non-hydrogen) atoms. The molecule has 0 radical (unpaired) electrons. The third-order valence-corrected chi connectivity index (χ3v) is 5.63. The first-order valence-electron chi connectivity index (χ1n) is 10.4. The van der Waals surface area contributed by atoms with Crippen LogP contribution in [0.25, 0.3) is 0 Å². The molecule has 0 amide bonds. The average molecular weight is 373 g/mol. The second-order valence-electron chi connectivity index (χ2n) is 7.90. The summed E-state index contributed by atoms with van der Waals surface area (Å²) in [6.45, 7) is 9.60. The molecule has 4 rings (SSSR count). The van der Waals surface area contributed by atoms with Crippen molar-refractivity contribution < 1.29 is 9.47 Å². The van der Waals surface area contributed by atoms with E-state index in [9.17, 15) is 0 Å². The van der Waals surface area contributed by atoms with Crippen LogP contribution >= 0.6 is 0 Å². The van der Waals surface area contributed by atoms with Crippen LogP contribution in [0.4, 0.5) is 0 Å². The molecule has 6 heteroatoms. The molecule has 2 fully saturated rings. The lowest BCUT2D eigenvalue weighted by Crippen LogP contribution is -2.46. The Morgan fingerprint density at radius 1 is 1.22 bits per heavy atom. The number of likely N-dealkylation sites (tertiary alicyclic amines) is 1. The van der Waals surface area contributed by atoms with E-state index in [1.54, 1.807) is 0 Å². The van der Waals surface area contributed by atoms with Gasteiger partial charge in [0.25, 0.3) is 0 Å². The van der Waals surface area contributed by atoms with E-state index in [0.29, 0.717) is 31.7 Å². The quantitative estimate of drug-likeness (QED) is 0.614. The molecule has 1 aromatic rings. The molecule has 2 aliphatic heterocycles. The molecule has 1 saturated carbocycles. The second-order valence-corrected chi connectivity index (χ2v) is 7.90. The monoisotopic (exact) mass is 372 g/mol. The number of aliphatic imine (C=N–C) groups is 1. The molecule has 0 aromatic heterocycles. The number of nitrogens with one attached hydrogen (secondary N) is 2. The molecule has 0 spiro atoms. The van der Waals surface area contributed by atoms with Gasteiger partial charge in [0, 0.05) is 43.7 Å². The van der Waals surface area contributed by atoms with Crippen molar-refractivity contribution in [1.29, 1.82) is 0 Å². The van der Waals surface area contributed by atoms with E-state index in [1.165, 1.54) is 19.4 Å². The standard InChI is InChI=1S/C21H32N4O2/c1-3-22-21(24-18-14-25(13-15(18)2)17-8-9-17)23-12-16-6-4-7-19-20(16)27-11-5-10-26-19/h4,6-7,15,17-18H,3,5,8-14H2,1-2H3,(H2,22,23,24). The smallest absolute Gasteiger partial charge is 0.191 e. The average Bonchev–Trinajstić information content (AvgIpc) is 3.47. The number of hydrogen-bond donors (Lipinski definition) is 2. The van der Waals surface area contributed by atoms with Crippen LogP contribution in [0.1, 0.15) is 38.7 Å². The Morgan fingerprint density at radius 2 is 2.07 bits per heavy atom. The van der Waals surface area contributed by atoms with Gasteiger partial charge in [-0.3, -0.25) is 4.90 Å². The molecule has 148 valence electrons. The highest BCUT2D eigenvalue weighted by atomic mass is 16.5. The van der Waals surface area contributed by atoms with Gasteiger partial charge in [-0.15, -0.1) is 0 Å². The topological polar surface area (TPSA) is 58.1 Å². The van der Waals surface area contributed by atoms with Crippen molar-refractivity contribution >= 4 is 5.96 Å². The van der Waals surface area contributed by atoms with Crippen molar-refractivity contribution in [2.45, 2.75) is 51.7 Å². The molecular formula is C21H32N4O2. The fourth-order valence-corrected chi connectivity index (χ4v) is 3.97. The van der Waals surface area contributed by atoms with Gasteiger partial charge >= 0.3 is 0 Å². The maximum Gasteiger partial charge on any atom is 0.191 e. The molecule has 6 nitrogen and oxygen atoms in total. The first-order valence-corrected chi connectivity index (χ1v) is 10.4. The lowest BCUT2D eigenvalue weighted by molar-refractivity contribution is 0.296. The van der Waals surface area contributed by atoms with Gasteiger partial charge in [-0.05, 0) is 31.7 Å². The van der Waals surface area contributed by atoms with Crippen LogP contribution < -0.4 is 20.1 Å². The molecule has 1 saturated heterocycles. The molecular weight excluding hydrogens is 340 g/mol. The summed E-state index contributed by atoms with van der Waals surface area (Å²) < 4.78 is 11.7. The Balaban J connectivity index is 1.44.